The first-order valence-electron chi connectivity index (χ1n) is 19.9. The lowest BCUT2D eigenvalue weighted by molar-refractivity contribution is -0.298. The Morgan fingerprint density at radius 3 is 2.35 bits per heavy atom. The zero-order valence-electron chi connectivity index (χ0n) is 34.1. The number of likely N-dealkylation sites (N-methyl/N-ethyl adjacent to an activating group) is 1. The molecule has 0 bridgehead atoms. The SMILES string of the molecule is CN(C(=O)C1=C[C@H]2OCO[C@H]2[C@H](OC(=O)c2ccc(C=CCO[C@H]3O[C@H](CO)[C@H](O)[C@H](O)[C@H]3O)cc2)C1)[C@H](Cc1ccccc1)C(=O)N[C@H](CO)CCC(=O)OC(C)(C)C. The van der Waals surface area contributed by atoms with Crippen LogP contribution < -0.4 is 5.32 Å². The van der Waals surface area contributed by atoms with Crippen molar-refractivity contribution in [2.75, 3.05) is 33.7 Å². The van der Waals surface area contributed by atoms with E-state index in [0.717, 1.165) is 5.56 Å². The number of rotatable bonds is 17. The minimum Gasteiger partial charge on any atom is -0.460 e. The maximum atomic E-state index is 14.2. The number of esters is 2. The van der Waals surface area contributed by atoms with Crippen LogP contribution in [0.4, 0.5) is 0 Å². The fraction of sp³-hybridized carbons (Fsp3) is 0.535. The molecule has 10 atom stereocenters. The highest BCUT2D eigenvalue weighted by atomic mass is 16.7. The standard InChI is InChI=1S/C43H56N2O15/c1-43(2,3)60-34(48)17-16-29(22-46)44-39(52)30(19-26-9-6-5-7-10-26)45(4)40(53)28-20-31-38(57-24-56-31)32(21-28)58-41(54)27-14-12-25(13-15-27)11-8-18-55-42-37(51)36(50)35(49)33(23-47)59-42/h5-15,20,29-33,35-38,42,46-47,49-51H,16-19,21-24H2,1-4H3,(H,44,52)/t29-,30+,31+,32+,33+,35-,36-,37+,38+,42-/m0/s1. The maximum absolute atomic E-state index is 14.2. The van der Waals surface area contributed by atoms with E-state index < -0.39 is 104 Å². The number of nitrogens with one attached hydrogen (secondary N) is 1. The Balaban J connectivity index is 1.21. The molecule has 1 aliphatic carbocycles. The third-order valence-electron chi connectivity index (χ3n) is 10.2. The second-order valence-corrected chi connectivity index (χ2v) is 15.9. The molecule has 2 saturated heterocycles. The van der Waals surface area contributed by atoms with Crippen LogP contribution in [0.15, 0.2) is 72.3 Å². The Bertz CT molecular complexity index is 1810. The van der Waals surface area contributed by atoms with Gasteiger partial charge in [-0.3, -0.25) is 14.4 Å². The smallest absolute Gasteiger partial charge is 0.338 e. The largest absolute Gasteiger partial charge is 0.460 e. The Labute approximate surface area is 348 Å². The Kier molecular flexibility index (Phi) is 16.5. The highest BCUT2D eigenvalue weighted by molar-refractivity contribution is 5.97. The van der Waals surface area contributed by atoms with Gasteiger partial charge in [0.05, 0.1) is 31.4 Å². The Morgan fingerprint density at radius 1 is 0.967 bits per heavy atom. The number of hydrogen-bond donors (Lipinski definition) is 6. The number of fused-ring (bicyclic) bond motifs is 1. The third kappa shape index (κ3) is 12.5. The lowest BCUT2D eigenvalue weighted by Gasteiger charge is -2.39. The summed E-state index contributed by atoms with van der Waals surface area (Å²) in [6, 6.07) is 13.8. The van der Waals surface area contributed by atoms with Crippen molar-refractivity contribution in [3.05, 3.63) is 89.0 Å². The van der Waals surface area contributed by atoms with Crippen LogP contribution in [0.25, 0.3) is 6.08 Å². The first kappa shape index (κ1) is 46.5. The van der Waals surface area contributed by atoms with E-state index in [4.69, 9.17) is 28.4 Å². The van der Waals surface area contributed by atoms with E-state index in [1.807, 2.05) is 30.3 Å². The van der Waals surface area contributed by atoms with E-state index in [0.29, 0.717) is 5.56 Å². The zero-order chi connectivity index (χ0) is 43.6. The highest BCUT2D eigenvalue weighted by Gasteiger charge is 2.45. The summed E-state index contributed by atoms with van der Waals surface area (Å²) < 4.78 is 33.6. The van der Waals surface area contributed by atoms with Gasteiger partial charge in [0.15, 0.2) is 6.29 Å². The van der Waals surface area contributed by atoms with Gasteiger partial charge in [-0.05, 0) is 56.5 Å². The number of aliphatic hydroxyl groups is 5. The summed E-state index contributed by atoms with van der Waals surface area (Å²) in [5.74, 6) is -2.16. The van der Waals surface area contributed by atoms with Crippen molar-refractivity contribution in [3.8, 4) is 0 Å². The summed E-state index contributed by atoms with van der Waals surface area (Å²) in [6.45, 7) is 4.11. The van der Waals surface area contributed by atoms with Crippen LogP contribution in [0.3, 0.4) is 0 Å². The van der Waals surface area contributed by atoms with Crippen molar-refractivity contribution in [1.29, 1.82) is 0 Å². The molecule has 0 aromatic heterocycles. The summed E-state index contributed by atoms with van der Waals surface area (Å²) in [5.41, 5.74) is 1.27. The lowest BCUT2D eigenvalue weighted by Crippen LogP contribution is -2.59. The molecule has 2 aromatic carbocycles. The number of aliphatic hydroxyl groups excluding tert-OH is 5. The molecule has 2 fully saturated rings. The van der Waals surface area contributed by atoms with Crippen molar-refractivity contribution in [2.45, 2.75) is 113 Å². The van der Waals surface area contributed by atoms with E-state index >= 15 is 0 Å². The lowest BCUT2D eigenvalue weighted by atomic mass is 9.90. The Morgan fingerprint density at radius 2 is 1.68 bits per heavy atom. The molecule has 0 spiro atoms. The van der Waals surface area contributed by atoms with Gasteiger partial charge in [-0.1, -0.05) is 54.6 Å². The van der Waals surface area contributed by atoms with Crippen LogP contribution in [-0.4, -0.2) is 155 Å². The average Bonchev–Trinajstić information content (AvgIpc) is 3.71. The molecule has 2 aromatic rings. The number of benzene rings is 2. The number of carbonyl (C=O) groups is 4. The number of amides is 2. The van der Waals surface area contributed by atoms with E-state index in [9.17, 15) is 44.7 Å². The van der Waals surface area contributed by atoms with E-state index in [1.54, 1.807) is 63.3 Å². The van der Waals surface area contributed by atoms with Crippen LogP contribution in [0.5, 0.6) is 0 Å². The molecule has 6 N–H and O–H groups in total. The second kappa shape index (κ2) is 21.3. The van der Waals surface area contributed by atoms with Crippen molar-refractivity contribution >= 4 is 29.8 Å². The minimum absolute atomic E-state index is 0.0243. The molecular weight excluding hydrogens is 784 g/mol. The van der Waals surface area contributed by atoms with E-state index in [2.05, 4.69) is 5.32 Å². The number of nitrogens with zero attached hydrogens (tertiary/aromatic N) is 1. The molecule has 0 unspecified atom stereocenters. The van der Waals surface area contributed by atoms with Crippen molar-refractivity contribution in [3.63, 3.8) is 0 Å². The van der Waals surface area contributed by atoms with Gasteiger partial charge in [0.25, 0.3) is 0 Å². The summed E-state index contributed by atoms with van der Waals surface area (Å²) in [5, 5.41) is 52.3. The fourth-order valence-electron chi connectivity index (χ4n) is 6.99. The Hall–Kier alpha value is -4.56. The predicted molar refractivity (Wildman–Crippen MR) is 213 cm³/mol. The summed E-state index contributed by atoms with van der Waals surface area (Å²) >= 11 is 0. The van der Waals surface area contributed by atoms with Crippen molar-refractivity contribution in [1.82, 2.24) is 10.2 Å². The molecule has 328 valence electrons. The quantitative estimate of drug-likeness (QED) is 0.121. The highest BCUT2D eigenvalue weighted by Crippen LogP contribution is 2.32. The zero-order valence-corrected chi connectivity index (χ0v) is 34.1. The molecular formula is C43H56N2O15. The first-order valence-corrected chi connectivity index (χ1v) is 19.9. The van der Waals surface area contributed by atoms with Gasteiger partial charge in [-0.2, -0.15) is 0 Å². The van der Waals surface area contributed by atoms with Crippen LogP contribution in [0.1, 0.15) is 61.5 Å². The van der Waals surface area contributed by atoms with Crippen LogP contribution in [0, 0.1) is 0 Å². The van der Waals surface area contributed by atoms with Gasteiger partial charge in [0.2, 0.25) is 11.8 Å². The van der Waals surface area contributed by atoms with Gasteiger partial charge < -0.3 is 64.2 Å². The number of carbonyl (C=O) groups excluding carboxylic acids is 4. The molecule has 17 nitrogen and oxygen atoms in total. The summed E-state index contributed by atoms with van der Waals surface area (Å²) in [6.07, 6.45) is -4.09. The average molecular weight is 841 g/mol. The third-order valence-corrected chi connectivity index (χ3v) is 10.2. The van der Waals surface area contributed by atoms with E-state index in [1.165, 1.54) is 11.9 Å². The molecule has 60 heavy (non-hydrogen) atoms. The summed E-state index contributed by atoms with van der Waals surface area (Å²) in [7, 11) is 1.50. The molecule has 17 heteroatoms. The van der Waals surface area contributed by atoms with Gasteiger partial charge >= 0.3 is 11.9 Å². The van der Waals surface area contributed by atoms with Crippen LogP contribution in [0.2, 0.25) is 0 Å². The molecule has 5 rings (SSSR count). The van der Waals surface area contributed by atoms with Gasteiger partial charge in [0, 0.05) is 31.9 Å². The fourth-order valence-corrected chi connectivity index (χ4v) is 6.99. The molecule has 0 radical (unpaired) electrons. The van der Waals surface area contributed by atoms with Gasteiger partial charge in [-0.25, -0.2) is 4.79 Å². The normalized spacial score (nSPS) is 26.4. The topological polar surface area (TPSA) is 240 Å². The molecule has 0 saturated carbocycles. The number of hydrogen-bond acceptors (Lipinski definition) is 15. The molecule has 2 heterocycles. The second-order valence-electron chi connectivity index (χ2n) is 15.9. The van der Waals surface area contributed by atoms with Crippen molar-refractivity contribution < 1.29 is 73.1 Å². The van der Waals surface area contributed by atoms with Crippen molar-refractivity contribution in [2.24, 2.45) is 0 Å². The first-order chi connectivity index (χ1) is 28.6. The van der Waals surface area contributed by atoms with Gasteiger partial charge in [-0.15, -0.1) is 0 Å². The monoisotopic (exact) mass is 840 g/mol. The molecule has 3 aliphatic rings. The molecule has 2 amide bonds. The van der Waals surface area contributed by atoms with Crippen LogP contribution in [-0.2, 0) is 49.2 Å². The van der Waals surface area contributed by atoms with Gasteiger partial charge in [0.1, 0.15) is 61.2 Å². The van der Waals surface area contributed by atoms with E-state index in [-0.39, 0.29) is 50.2 Å². The molecule has 2 aliphatic heterocycles. The number of ether oxygens (including phenoxy) is 6. The maximum Gasteiger partial charge on any atom is 0.338 e. The predicted octanol–water partition coefficient (Wildman–Crippen LogP) is 0.782. The van der Waals surface area contributed by atoms with Crippen LogP contribution >= 0.6 is 0 Å². The minimum atomic E-state index is -1.55. The summed E-state index contributed by atoms with van der Waals surface area (Å²) in [4.78, 5) is 55.1.